The molecule has 0 aromatic heterocycles. The first-order valence-electron chi connectivity index (χ1n) is 5.26. The van der Waals surface area contributed by atoms with Crippen LogP contribution in [0.25, 0.3) is 0 Å². The summed E-state index contributed by atoms with van der Waals surface area (Å²) in [5.41, 5.74) is 2.62. The molecule has 2 nitrogen and oxygen atoms in total. The third-order valence-corrected chi connectivity index (χ3v) is 2.57. The Balaban J connectivity index is 2.41. The van der Waals surface area contributed by atoms with Crippen molar-refractivity contribution < 1.29 is 10.4 Å². The van der Waals surface area contributed by atoms with Crippen molar-refractivity contribution in [3.05, 3.63) is 35.4 Å². The SMILES string of the molecule is CC[C@@H](CO)[NH2+]Cc1ccc(C)cc1. The molecule has 0 unspecified atom stereocenters. The van der Waals surface area contributed by atoms with Crippen LogP contribution in [-0.4, -0.2) is 17.8 Å². The average Bonchev–Trinajstić information content (AvgIpc) is 2.22. The van der Waals surface area contributed by atoms with E-state index in [0.717, 1.165) is 13.0 Å². The second-order valence-corrected chi connectivity index (χ2v) is 3.78. The molecule has 0 saturated carbocycles. The van der Waals surface area contributed by atoms with Gasteiger partial charge in [0, 0.05) is 5.56 Å². The average molecular weight is 194 g/mol. The van der Waals surface area contributed by atoms with Crippen molar-refractivity contribution in [1.29, 1.82) is 0 Å². The Morgan fingerprint density at radius 1 is 1.29 bits per heavy atom. The monoisotopic (exact) mass is 194 g/mol. The number of quaternary nitrogens is 1. The molecule has 0 spiro atoms. The summed E-state index contributed by atoms with van der Waals surface area (Å²) in [5.74, 6) is 0. The second-order valence-electron chi connectivity index (χ2n) is 3.78. The van der Waals surface area contributed by atoms with Gasteiger partial charge in [-0.25, -0.2) is 0 Å². The molecule has 0 radical (unpaired) electrons. The lowest BCUT2D eigenvalue weighted by molar-refractivity contribution is -0.706. The molecule has 14 heavy (non-hydrogen) atoms. The zero-order chi connectivity index (χ0) is 10.4. The van der Waals surface area contributed by atoms with Crippen molar-refractivity contribution in [2.24, 2.45) is 0 Å². The molecule has 1 aromatic carbocycles. The van der Waals surface area contributed by atoms with Gasteiger partial charge in [0.25, 0.3) is 0 Å². The lowest BCUT2D eigenvalue weighted by Gasteiger charge is -2.10. The number of hydrogen-bond donors (Lipinski definition) is 2. The van der Waals surface area contributed by atoms with E-state index in [2.05, 4.69) is 43.4 Å². The highest BCUT2D eigenvalue weighted by Gasteiger charge is 2.06. The van der Waals surface area contributed by atoms with Crippen molar-refractivity contribution in [3.8, 4) is 0 Å². The molecule has 0 saturated heterocycles. The van der Waals surface area contributed by atoms with E-state index < -0.39 is 0 Å². The molecule has 0 heterocycles. The summed E-state index contributed by atoms with van der Waals surface area (Å²) in [6.45, 7) is 5.42. The van der Waals surface area contributed by atoms with E-state index in [1.54, 1.807) is 0 Å². The Morgan fingerprint density at radius 3 is 2.43 bits per heavy atom. The molecule has 1 atom stereocenters. The van der Waals surface area contributed by atoms with Gasteiger partial charge in [-0.15, -0.1) is 0 Å². The van der Waals surface area contributed by atoms with E-state index in [1.807, 2.05) is 0 Å². The van der Waals surface area contributed by atoms with Gasteiger partial charge in [-0.2, -0.15) is 0 Å². The first-order valence-corrected chi connectivity index (χ1v) is 5.26. The number of hydrogen-bond acceptors (Lipinski definition) is 1. The predicted octanol–water partition coefficient (Wildman–Crippen LogP) is 0.829. The molecule has 3 N–H and O–H groups in total. The molecule has 0 bridgehead atoms. The van der Waals surface area contributed by atoms with E-state index in [-0.39, 0.29) is 6.61 Å². The van der Waals surface area contributed by atoms with Crippen molar-refractivity contribution in [2.45, 2.75) is 32.9 Å². The number of aliphatic hydroxyl groups excluding tert-OH is 1. The van der Waals surface area contributed by atoms with Crippen molar-refractivity contribution in [2.75, 3.05) is 6.61 Å². The highest BCUT2D eigenvalue weighted by Crippen LogP contribution is 2.00. The molecular formula is C12H20NO+. The van der Waals surface area contributed by atoms with Gasteiger partial charge in [0.1, 0.15) is 12.6 Å². The smallest absolute Gasteiger partial charge is 0.109 e. The number of nitrogens with two attached hydrogens (primary N) is 1. The highest BCUT2D eigenvalue weighted by atomic mass is 16.3. The van der Waals surface area contributed by atoms with Crippen molar-refractivity contribution in [1.82, 2.24) is 0 Å². The quantitative estimate of drug-likeness (QED) is 0.715. The van der Waals surface area contributed by atoms with Crippen LogP contribution in [0.3, 0.4) is 0 Å². The van der Waals surface area contributed by atoms with Gasteiger partial charge in [0.2, 0.25) is 0 Å². The molecule has 0 aliphatic rings. The van der Waals surface area contributed by atoms with Gasteiger partial charge in [0.15, 0.2) is 0 Å². The number of aryl methyl sites for hydroxylation is 1. The molecule has 0 aliphatic heterocycles. The van der Waals surface area contributed by atoms with Gasteiger partial charge < -0.3 is 10.4 Å². The summed E-state index contributed by atoms with van der Waals surface area (Å²) >= 11 is 0. The van der Waals surface area contributed by atoms with Gasteiger partial charge in [-0.05, 0) is 13.3 Å². The topological polar surface area (TPSA) is 36.8 Å². The zero-order valence-corrected chi connectivity index (χ0v) is 9.03. The van der Waals surface area contributed by atoms with Crippen molar-refractivity contribution in [3.63, 3.8) is 0 Å². The number of aliphatic hydroxyl groups is 1. The fourth-order valence-corrected chi connectivity index (χ4v) is 1.40. The van der Waals surface area contributed by atoms with Gasteiger partial charge in [0.05, 0.1) is 6.61 Å². The van der Waals surface area contributed by atoms with Crippen molar-refractivity contribution >= 4 is 0 Å². The van der Waals surface area contributed by atoms with Crippen LogP contribution in [0.15, 0.2) is 24.3 Å². The Hall–Kier alpha value is -0.860. The van der Waals surface area contributed by atoms with Crippen LogP contribution in [-0.2, 0) is 6.54 Å². The highest BCUT2D eigenvalue weighted by molar-refractivity contribution is 5.20. The maximum Gasteiger partial charge on any atom is 0.109 e. The summed E-state index contributed by atoms with van der Waals surface area (Å²) in [6.07, 6.45) is 1.02. The first-order chi connectivity index (χ1) is 6.76. The van der Waals surface area contributed by atoms with E-state index in [1.165, 1.54) is 11.1 Å². The molecular weight excluding hydrogens is 174 g/mol. The normalized spacial score (nSPS) is 12.8. The minimum Gasteiger partial charge on any atom is -0.390 e. The molecule has 0 fully saturated rings. The lowest BCUT2D eigenvalue weighted by Crippen LogP contribution is -2.89. The maximum absolute atomic E-state index is 9.02. The Bertz CT molecular complexity index is 252. The third kappa shape index (κ3) is 3.48. The Morgan fingerprint density at radius 2 is 1.93 bits per heavy atom. The molecule has 1 aromatic rings. The molecule has 1 rings (SSSR count). The van der Waals surface area contributed by atoms with E-state index in [4.69, 9.17) is 5.11 Å². The largest absolute Gasteiger partial charge is 0.390 e. The minimum atomic E-state index is 0.266. The summed E-state index contributed by atoms with van der Waals surface area (Å²) < 4.78 is 0. The fraction of sp³-hybridized carbons (Fsp3) is 0.500. The second kappa shape index (κ2) is 5.78. The van der Waals surface area contributed by atoms with Crippen LogP contribution in [0.2, 0.25) is 0 Å². The third-order valence-electron chi connectivity index (χ3n) is 2.57. The maximum atomic E-state index is 9.02. The molecule has 2 heteroatoms. The zero-order valence-electron chi connectivity index (χ0n) is 9.03. The Labute approximate surface area is 86.0 Å². The van der Waals surface area contributed by atoms with Gasteiger partial charge in [-0.1, -0.05) is 36.8 Å². The lowest BCUT2D eigenvalue weighted by atomic mass is 10.1. The van der Waals surface area contributed by atoms with E-state index >= 15 is 0 Å². The van der Waals surface area contributed by atoms with Crippen LogP contribution in [0.5, 0.6) is 0 Å². The van der Waals surface area contributed by atoms with Crippen LogP contribution in [0.1, 0.15) is 24.5 Å². The van der Waals surface area contributed by atoms with Gasteiger partial charge >= 0.3 is 0 Å². The Kier molecular flexibility index (Phi) is 4.63. The molecule has 78 valence electrons. The van der Waals surface area contributed by atoms with E-state index in [9.17, 15) is 0 Å². The summed E-state index contributed by atoms with van der Waals surface area (Å²) in [6, 6.07) is 8.90. The first kappa shape index (κ1) is 11.2. The standard InChI is InChI=1S/C12H19NO/c1-3-12(9-14)13-8-11-6-4-10(2)5-7-11/h4-7,12-14H,3,8-9H2,1-2H3/p+1/t12-/m0/s1. The van der Waals surface area contributed by atoms with Crippen LogP contribution < -0.4 is 5.32 Å². The van der Waals surface area contributed by atoms with Crippen LogP contribution in [0, 0.1) is 6.92 Å². The van der Waals surface area contributed by atoms with Crippen LogP contribution in [0.4, 0.5) is 0 Å². The van der Waals surface area contributed by atoms with Gasteiger partial charge in [-0.3, -0.25) is 0 Å². The van der Waals surface area contributed by atoms with Crippen LogP contribution >= 0.6 is 0 Å². The summed E-state index contributed by atoms with van der Waals surface area (Å²) in [4.78, 5) is 0. The van der Waals surface area contributed by atoms with E-state index in [0.29, 0.717) is 6.04 Å². The summed E-state index contributed by atoms with van der Waals surface area (Å²) in [7, 11) is 0. The minimum absolute atomic E-state index is 0.266. The molecule has 0 amide bonds. The predicted molar refractivity (Wildman–Crippen MR) is 58.0 cm³/mol. The fourth-order valence-electron chi connectivity index (χ4n) is 1.40. The molecule has 0 aliphatic carbocycles. The summed E-state index contributed by atoms with van der Waals surface area (Å²) in [5, 5.41) is 11.2. The number of rotatable bonds is 5. The number of benzene rings is 1.